The normalized spacial score (nSPS) is 15.6. The third-order valence-corrected chi connectivity index (χ3v) is 7.66. The molecule has 1 amide bonds. The molecule has 6 nitrogen and oxygen atoms in total. The maximum Gasteiger partial charge on any atom is 0.289 e. The van der Waals surface area contributed by atoms with Crippen LogP contribution in [0.2, 0.25) is 0 Å². The first kappa shape index (κ1) is 19.8. The minimum Gasteiger partial charge on any atom is -0.451 e. The van der Waals surface area contributed by atoms with Crippen LogP contribution in [0.15, 0.2) is 76.0 Å². The summed E-state index contributed by atoms with van der Waals surface area (Å²) < 4.78 is 33.4. The summed E-state index contributed by atoms with van der Waals surface area (Å²) in [6.45, 7) is 3.13. The molecule has 31 heavy (non-hydrogen) atoms. The van der Waals surface area contributed by atoms with E-state index in [1.807, 2.05) is 55.5 Å². The minimum absolute atomic E-state index is 0.211. The summed E-state index contributed by atoms with van der Waals surface area (Å²) in [7, 11) is -3.62. The number of furan rings is 1. The van der Waals surface area contributed by atoms with Gasteiger partial charge in [-0.15, -0.1) is 0 Å². The van der Waals surface area contributed by atoms with Gasteiger partial charge in [0.05, 0.1) is 4.90 Å². The Hall–Kier alpha value is -3.16. The van der Waals surface area contributed by atoms with Crippen molar-refractivity contribution < 1.29 is 17.6 Å². The van der Waals surface area contributed by atoms with Crippen molar-refractivity contribution >= 4 is 37.7 Å². The summed E-state index contributed by atoms with van der Waals surface area (Å²) in [4.78, 5) is 14.8. The molecule has 1 aliphatic heterocycles. The van der Waals surface area contributed by atoms with Crippen LogP contribution in [0.5, 0.6) is 0 Å². The van der Waals surface area contributed by atoms with Crippen molar-refractivity contribution in [3.8, 4) is 0 Å². The van der Waals surface area contributed by atoms with E-state index in [9.17, 15) is 13.2 Å². The molecular formula is C24H22N2O4S. The van der Waals surface area contributed by atoms with Crippen LogP contribution < -0.4 is 0 Å². The number of aryl methyl sites for hydroxylation is 1. The van der Waals surface area contributed by atoms with Crippen LogP contribution in [-0.4, -0.2) is 49.7 Å². The number of rotatable bonds is 3. The molecule has 1 fully saturated rings. The molecular weight excluding hydrogens is 412 g/mol. The van der Waals surface area contributed by atoms with Gasteiger partial charge in [0.25, 0.3) is 5.91 Å². The second-order valence-electron chi connectivity index (χ2n) is 7.86. The summed E-state index contributed by atoms with van der Waals surface area (Å²) >= 11 is 0. The number of fused-ring (bicyclic) bond motifs is 2. The van der Waals surface area contributed by atoms with Crippen LogP contribution in [0.1, 0.15) is 16.1 Å². The fourth-order valence-corrected chi connectivity index (χ4v) is 5.49. The Labute approximate surface area is 180 Å². The summed E-state index contributed by atoms with van der Waals surface area (Å²) in [5.74, 6) is 0.0723. The number of nitrogens with zero attached hydrogens (tertiary/aromatic N) is 2. The predicted molar refractivity (Wildman–Crippen MR) is 120 cm³/mol. The quantitative estimate of drug-likeness (QED) is 0.488. The molecule has 0 bridgehead atoms. The Morgan fingerprint density at radius 2 is 1.58 bits per heavy atom. The van der Waals surface area contributed by atoms with Crippen molar-refractivity contribution in [3.05, 3.63) is 78.1 Å². The van der Waals surface area contributed by atoms with Gasteiger partial charge < -0.3 is 9.32 Å². The molecule has 0 radical (unpaired) electrons. The van der Waals surface area contributed by atoms with Crippen molar-refractivity contribution in [1.29, 1.82) is 0 Å². The first-order valence-electron chi connectivity index (χ1n) is 10.2. The molecule has 5 rings (SSSR count). The lowest BCUT2D eigenvalue weighted by atomic mass is 10.1. The SMILES string of the molecule is Cc1ccc2oc(C(=O)N3CCN(S(=O)(=O)c4ccc5ccccc5c4)CC3)cc2c1. The van der Waals surface area contributed by atoms with Crippen LogP contribution in [0.25, 0.3) is 21.7 Å². The summed E-state index contributed by atoms with van der Waals surface area (Å²) in [5, 5.41) is 2.77. The van der Waals surface area contributed by atoms with E-state index in [2.05, 4.69) is 0 Å². The van der Waals surface area contributed by atoms with Crippen molar-refractivity contribution in [3.63, 3.8) is 0 Å². The van der Waals surface area contributed by atoms with E-state index in [0.29, 0.717) is 18.7 Å². The maximum absolute atomic E-state index is 13.1. The molecule has 1 aromatic heterocycles. The van der Waals surface area contributed by atoms with Crippen LogP contribution in [0.4, 0.5) is 0 Å². The lowest BCUT2D eigenvalue weighted by molar-refractivity contribution is 0.0668. The fourth-order valence-electron chi connectivity index (χ4n) is 4.03. The van der Waals surface area contributed by atoms with Gasteiger partial charge in [0.1, 0.15) is 5.58 Å². The molecule has 1 aliphatic rings. The van der Waals surface area contributed by atoms with Crippen molar-refractivity contribution in [1.82, 2.24) is 9.21 Å². The van der Waals surface area contributed by atoms with Crippen LogP contribution >= 0.6 is 0 Å². The van der Waals surface area contributed by atoms with Crippen LogP contribution in [-0.2, 0) is 10.0 Å². The van der Waals surface area contributed by atoms with Crippen molar-refractivity contribution in [2.24, 2.45) is 0 Å². The van der Waals surface area contributed by atoms with Gasteiger partial charge in [0, 0.05) is 31.6 Å². The molecule has 4 aromatic rings. The molecule has 0 N–H and O–H groups in total. The van der Waals surface area contributed by atoms with Gasteiger partial charge in [-0.2, -0.15) is 4.31 Å². The summed E-state index contributed by atoms with van der Waals surface area (Å²) in [6.07, 6.45) is 0. The number of carbonyl (C=O) groups is 1. The van der Waals surface area contributed by atoms with Gasteiger partial charge in [-0.05, 0) is 48.0 Å². The molecule has 7 heteroatoms. The smallest absolute Gasteiger partial charge is 0.289 e. The Morgan fingerprint density at radius 3 is 2.35 bits per heavy atom. The van der Waals surface area contributed by atoms with Gasteiger partial charge in [-0.3, -0.25) is 4.79 Å². The van der Waals surface area contributed by atoms with E-state index < -0.39 is 10.0 Å². The Morgan fingerprint density at radius 1 is 0.839 bits per heavy atom. The molecule has 0 atom stereocenters. The number of sulfonamides is 1. The highest BCUT2D eigenvalue weighted by Crippen LogP contribution is 2.25. The monoisotopic (exact) mass is 434 g/mol. The van der Waals surface area contributed by atoms with E-state index >= 15 is 0 Å². The zero-order valence-corrected chi connectivity index (χ0v) is 17.9. The zero-order chi connectivity index (χ0) is 21.6. The van der Waals surface area contributed by atoms with E-state index in [1.165, 1.54) is 4.31 Å². The first-order chi connectivity index (χ1) is 14.9. The molecule has 0 saturated carbocycles. The van der Waals surface area contributed by atoms with Gasteiger partial charge in [-0.25, -0.2) is 8.42 Å². The molecule has 2 heterocycles. The number of amides is 1. The predicted octanol–water partition coefficient (Wildman–Crippen LogP) is 4.04. The Balaban J connectivity index is 1.32. The molecule has 1 saturated heterocycles. The Kier molecular flexibility index (Phi) is 4.79. The average molecular weight is 435 g/mol. The lowest BCUT2D eigenvalue weighted by Crippen LogP contribution is -2.50. The lowest BCUT2D eigenvalue weighted by Gasteiger charge is -2.33. The largest absolute Gasteiger partial charge is 0.451 e. The minimum atomic E-state index is -3.62. The molecule has 0 aliphatic carbocycles. The molecule has 0 unspecified atom stereocenters. The first-order valence-corrected chi connectivity index (χ1v) is 11.6. The number of hydrogen-bond acceptors (Lipinski definition) is 4. The highest BCUT2D eigenvalue weighted by Gasteiger charge is 2.31. The molecule has 158 valence electrons. The van der Waals surface area contributed by atoms with Crippen LogP contribution in [0.3, 0.4) is 0 Å². The molecule has 0 spiro atoms. The highest BCUT2D eigenvalue weighted by molar-refractivity contribution is 7.89. The van der Waals surface area contributed by atoms with E-state index in [0.717, 1.165) is 21.7 Å². The van der Waals surface area contributed by atoms with Crippen LogP contribution in [0, 0.1) is 6.92 Å². The van der Waals surface area contributed by atoms with Gasteiger partial charge in [0.15, 0.2) is 5.76 Å². The van der Waals surface area contributed by atoms with Gasteiger partial charge >= 0.3 is 0 Å². The zero-order valence-electron chi connectivity index (χ0n) is 17.1. The maximum atomic E-state index is 13.1. The standard InChI is InChI=1S/C24H22N2O4S/c1-17-6-9-22-20(14-17)16-23(30-22)24(27)25-10-12-26(13-11-25)31(28,29)21-8-7-18-4-2-3-5-19(18)15-21/h2-9,14-16H,10-13H2,1H3. The number of carbonyl (C=O) groups excluding carboxylic acids is 1. The molecule has 3 aromatic carbocycles. The van der Waals surface area contributed by atoms with E-state index in [4.69, 9.17) is 4.42 Å². The third kappa shape index (κ3) is 3.60. The Bertz CT molecular complexity index is 1400. The van der Waals surface area contributed by atoms with Crippen molar-refractivity contribution in [2.45, 2.75) is 11.8 Å². The summed E-state index contributed by atoms with van der Waals surface area (Å²) in [6, 6.07) is 20.4. The van der Waals surface area contributed by atoms with Crippen molar-refractivity contribution in [2.75, 3.05) is 26.2 Å². The highest BCUT2D eigenvalue weighted by atomic mass is 32.2. The second kappa shape index (κ2) is 7.51. The summed E-state index contributed by atoms with van der Waals surface area (Å²) in [5.41, 5.74) is 1.77. The second-order valence-corrected chi connectivity index (χ2v) is 9.80. The number of hydrogen-bond donors (Lipinski definition) is 0. The van der Waals surface area contributed by atoms with E-state index in [-0.39, 0.29) is 29.7 Å². The third-order valence-electron chi connectivity index (χ3n) is 5.77. The van der Waals surface area contributed by atoms with Gasteiger partial charge in [0.2, 0.25) is 10.0 Å². The number of benzene rings is 3. The number of piperazine rings is 1. The fraction of sp³-hybridized carbons (Fsp3) is 0.208. The van der Waals surface area contributed by atoms with Gasteiger partial charge in [-0.1, -0.05) is 42.0 Å². The average Bonchev–Trinajstić information content (AvgIpc) is 3.21. The topological polar surface area (TPSA) is 70.8 Å². The van der Waals surface area contributed by atoms with E-state index in [1.54, 1.807) is 23.1 Å².